The average molecular weight is 246 g/mol. The minimum Gasteiger partial charge on any atom is -0.0499 e. The fraction of sp³-hybridized carbons (Fsp3) is 1.00. The third-order valence-electron chi connectivity index (χ3n) is 7.45. The molecule has 0 spiro atoms. The minimum absolute atomic E-state index is 1.21. The van der Waals surface area contributed by atoms with Gasteiger partial charge in [0.15, 0.2) is 0 Å². The van der Waals surface area contributed by atoms with Crippen molar-refractivity contribution in [2.45, 2.75) is 77.0 Å². The van der Waals surface area contributed by atoms with Crippen LogP contribution in [0.2, 0.25) is 0 Å². The van der Waals surface area contributed by atoms with Gasteiger partial charge in [-0.25, -0.2) is 0 Å². The fourth-order valence-corrected chi connectivity index (χ4v) is 4.69. The Morgan fingerprint density at radius 2 is 0.333 bits per heavy atom. The van der Waals surface area contributed by atoms with E-state index in [2.05, 4.69) is 0 Å². The van der Waals surface area contributed by atoms with Crippen molar-refractivity contribution in [1.29, 1.82) is 0 Å². The Labute approximate surface area is 113 Å². The molecule has 6 fully saturated rings. The molecule has 0 heterocycles. The van der Waals surface area contributed by atoms with Crippen LogP contribution < -0.4 is 0 Å². The molecule has 0 atom stereocenters. The summed E-state index contributed by atoms with van der Waals surface area (Å²) in [5.41, 5.74) is 0. The Hall–Kier alpha value is 0. The molecule has 102 valence electrons. The molecule has 0 aromatic heterocycles. The number of hydrogen-bond donors (Lipinski definition) is 0. The molecule has 6 aliphatic rings. The summed E-state index contributed by atoms with van der Waals surface area (Å²) in [6.07, 6.45) is 18.7. The Bertz CT molecular complexity index is 193. The summed E-state index contributed by atoms with van der Waals surface area (Å²) < 4.78 is 0. The highest BCUT2D eigenvalue weighted by Gasteiger charge is 2.38. The smallest absolute Gasteiger partial charge is 0.0386 e. The topological polar surface area (TPSA) is 0 Å². The molecule has 6 aliphatic carbocycles. The second kappa shape index (κ2) is 4.84. The Morgan fingerprint density at radius 1 is 0.222 bits per heavy atom. The highest BCUT2D eigenvalue weighted by Crippen LogP contribution is 2.50. The number of fused-ring (bicyclic) bond motifs is 3. The van der Waals surface area contributed by atoms with Gasteiger partial charge in [0.25, 0.3) is 0 Å². The SMILES string of the molecule is C1CC2CCC12.C1CC2CCC12.C1CC2CCC12. The highest BCUT2D eigenvalue weighted by atomic mass is 14.4. The lowest BCUT2D eigenvalue weighted by atomic mass is 9.60. The van der Waals surface area contributed by atoms with E-state index in [1.165, 1.54) is 35.5 Å². The van der Waals surface area contributed by atoms with E-state index in [1.807, 2.05) is 0 Å². The van der Waals surface area contributed by atoms with Crippen molar-refractivity contribution in [2.75, 3.05) is 0 Å². The van der Waals surface area contributed by atoms with Gasteiger partial charge in [0.1, 0.15) is 0 Å². The minimum atomic E-state index is 1.21. The molecular formula is C18H30. The molecule has 18 heavy (non-hydrogen) atoms. The molecule has 0 radical (unpaired) electrons. The predicted molar refractivity (Wildman–Crippen MR) is 76.3 cm³/mol. The van der Waals surface area contributed by atoms with Crippen molar-refractivity contribution in [3.05, 3.63) is 0 Å². The van der Waals surface area contributed by atoms with Crippen LogP contribution in [-0.2, 0) is 0 Å². The van der Waals surface area contributed by atoms with Gasteiger partial charge < -0.3 is 0 Å². The Balaban J connectivity index is 0.0000000735. The standard InChI is InChI=1S/3C6H10/c3*1-2-6-4-3-5(1)6/h3*5-6H,1-4H2. The molecule has 0 unspecified atom stereocenters. The van der Waals surface area contributed by atoms with E-state index < -0.39 is 0 Å². The molecule has 0 saturated heterocycles. The first-order chi connectivity index (χ1) is 8.90. The van der Waals surface area contributed by atoms with E-state index in [0.29, 0.717) is 0 Å². The zero-order valence-corrected chi connectivity index (χ0v) is 11.9. The normalized spacial score (nSPS) is 52.0. The van der Waals surface area contributed by atoms with Gasteiger partial charge in [-0.3, -0.25) is 0 Å². The summed E-state index contributed by atoms with van der Waals surface area (Å²) in [6, 6.07) is 0. The van der Waals surface area contributed by atoms with Gasteiger partial charge in [-0.05, 0) is 113 Å². The molecule has 0 aliphatic heterocycles. The van der Waals surface area contributed by atoms with E-state index in [-0.39, 0.29) is 0 Å². The van der Waals surface area contributed by atoms with Gasteiger partial charge >= 0.3 is 0 Å². The Morgan fingerprint density at radius 3 is 0.333 bits per heavy atom. The molecular weight excluding hydrogens is 216 g/mol. The molecule has 0 aromatic carbocycles. The van der Waals surface area contributed by atoms with Crippen molar-refractivity contribution in [3.63, 3.8) is 0 Å². The zero-order chi connectivity index (χ0) is 11.9. The van der Waals surface area contributed by atoms with Crippen LogP contribution in [0, 0.1) is 35.5 Å². The summed E-state index contributed by atoms with van der Waals surface area (Å²) in [4.78, 5) is 0. The van der Waals surface area contributed by atoms with Crippen molar-refractivity contribution >= 4 is 0 Å². The summed E-state index contributed by atoms with van der Waals surface area (Å²) in [7, 11) is 0. The fourth-order valence-electron chi connectivity index (χ4n) is 4.69. The van der Waals surface area contributed by atoms with E-state index in [4.69, 9.17) is 0 Å². The lowest BCUT2D eigenvalue weighted by Crippen LogP contribution is -2.34. The van der Waals surface area contributed by atoms with E-state index in [0.717, 1.165) is 0 Å². The third-order valence-corrected chi connectivity index (χ3v) is 7.45. The van der Waals surface area contributed by atoms with Crippen molar-refractivity contribution < 1.29 is 0 Å². The largest absolute Gasteiger partial charge is 0.0499 e. The second-order valence-corrected chi connectivity index (χ2v) is 8.02. The molecule has 0 aromatic rings. The van der Waals surface area contributed by atoms with E-state index >= 15 is 0 Å². The highest BCUT2D eigenvalue weighted by molar-refractivity contribution is 4.90. The van der Waals surface area contributed by atoms with Gasteiger partial charge in [0.2, 0.25) is 0 Å². The quantitative estimate of drug-likeness (QED) is 0.535. The van der Waals surface area contributed by atoms with Crippen LogP contribution in [0.15, 0.2) is 0 Å². The van der Waals surface area contributed by atoms with Crippen LogP contribution in [0.25, 0.3) is 0 Å². The maximum atomic E-state index is 1.56. The van der Waals surface area contributed by atoms with Crippen LogP contribution in [0.4, 0.5) is 0 Å². The summed E-state index contributed by atoms with van der Waals surface area (Å²) in [5.74, 6) is 7.28. The first kappa shape index (κ1) is 11.8. The van der Waals surface area contributed by atoms with E-state index in [9.17, 15) is 0 Å². The maximum absolute atomic E-state index is 1.56. The summed E-state index contributed by atoms with van der Waals surface area (Å²) >= 11 is 0. The molecule has 0 nitrogen and oxygen atoms in total. The molecule has 0 bridgehead atoms. The number of hydrogen-bond acceptors (Lipinski definition) is 0. The first-order valence-electron chi connectivity index (χ1n) is 8.90. The maximum Gasteiger partial charge on any atom is -0.0386 e. The van der Waals surface area contributed by atoms with E-state index in [1.54, 1.807) is 77.0 Å². The lowest BCUT2D eigenvalue weighted by Gasteiger charge is -2.46. The summed E-state index contributed by atoms with van der Waals surface area (Å²) in [5, 5.41) is 0. The third kappa shape index (κ3) is 2.04. The predicted octanol–water partition coefficient (Wildman–Crippen LogP) is 5.42. The van der Waals surface area contributed by atoms with Gasteiger partial charge in [0, 0.05) is 0 Å². The Kier molecular flexibility index (Phi) is 3.17. The van der Waals surface area contributed by atoms with Crippen LogP contribution in [0.1, 0.15) is 77.0 Å². The van der Waals surface area contributed by atoms with Crippen molar-refractivity contribution in [2.24, 2.45) is 35.5 Å². The van der Waals surface area contributed by atoms with Crippen LogP contribution in [0.3, 0.4) is 0 Å². The van der Waals surface area contributed by atoms with Crippen molar-refractivity contribution in [3.8, 4) is 0 Å². The average Bonchev–Trinajstić information content (AvgIpc) is 2.34. The van der Waals surface area contributed by atoms with Crippen LogP contribution in [0.5, 0.6) is 0 Å². The molecule has 6 saturated carbocycles. The lowest BCUT2D eigenvalue weighted by molar-refractivity contribution is 0.0548. The zero-order valence-electron chi connectivity index (χ0n) is 11.9. The van der Waals surface area contributed by atoms with Crippen LogP contribution in [-0.4, -0.2) is 0 Å². The molecule has 0 amide bonds. The summed E-state index contributed by atoms with van der Waals surface area (Å²) in [6.45, 7) is 0. The van der Waals surface area contributed by atoms with Crippen molar-refractivity contribution in [1.82, 2.24) is 0 Å². The van der Waals surface area contributed by atoms with Crippen LogP contribution >= 0.6 is 0 Å². The first-order valence-corrected chi connectivity index (χ1v) is 8.90. The molecule has 0 N–H and O–H groups in total. The molecule has 0 heteroatoms. The van der Waals surface area contributed by atoms with Gasteiger partial charge in [-0.1, -0.05) is 0 Å². The monoisotopic (exact) mass is 246 g/mol. The number of rotatable bonds is 0. The molecule has 6 rings (SSSR count). The van der Waals surface area contributed by atoms with Gasteiger partial charge in [-0.2, -0.15) is 0 Å². The second-order valence-electron chi connectivity index (χ2n) is 8.02. The van der Waals surface area contributed by atoms with Gasteiger partial charge in [0.05, 0.1) is 0 Å². The van der Waals surface area contributed by atoms with Gasteiger partial charge in [-0.15, -0.1) is 0 Å².